The number of hydrogen-bond acceptors (Lipinski definition) is 6. The summed E-state index contributed by atoms with van der Waals surface area (Å²) >= 11 is 10.4. The van der Waals surface area contributed by atoms with Crippen molar-refractivity contribution in [3.63, 3.8) is 0 Å². The zero-order chi connectivity index (χ0) is 30.5. The Labute approximate surface area is 283 Å². The van der Waals surface area contributed by atoms with Crippen molar-refractivity contribution in [3.8, 4) is 11.4 Å². The van der Waals surface area contributed by atoms with E-state index in [1.807, 2.05) is 0 Å². The maximum Gasteiger partial charge on any atom is 0.196 e. The van der Waals surface area contributed by atoms with Crippen LogP contribution in [0.2, 0.25) is 0 Å². The van der Waals surface area contributed by atoms with Gasteiger partial charge >= 0.3 is 0 Å². The molecule has 44 heavy (non-hydrogen) atoms. The molecule has 0 fully saturated rings. The van der Waals surface area contributed by atoms with Crippen LogP contribution in [0.15, 0.2) is 116 Å². The summed E-state index contributed by atoms with van der Waals surface area (Å²) in [5.74, 6) is 3.40. The third kappa shape index (κ3) is 7.54. The van der Waals surface area contributed by atoms with Crippen LogP contribution in [-0.2, 0) is 24.3 Å². The zero-order valence-electron chi connectivity index (χ0n) is 24.3. The number of benzene rings is 4. The van der Waals surface area contributed by atoms with Crippen LogP contribution in [-0.4, -0.2) is 29.5 Å². The van der Waals surface area contributed by atoms with Crippen molar-refractivity contribution < 1.29 is 0 Å². The highest BCUT2D eigenvalue weighted by molar-refractivity contribution is 9.10. The van der Waals surface area contributed by atoms with Crippen molar-refractivity contribution in [1.29, 1.82) is 0 Å². The Kier molecular flexibility index (Phi) is 10.0. The minimum Gasteiger partial charge on any atom is -0.274 e. The van der Waals surface area contributed by atoms with Gasteiger partial charge in [0.15, 0.2) is 10.3 Å². The second-order valence-electron chi connectivity index (χ2n) is 10.5. The summed E-state index contributed by atoms with van der Waals surface area (Å²) in [6.07, 6.45) is 1.34. The fourth-order valence-corrected chi connectivity index (χ4v) is 7.08. The lowest BCUT2D eigenvalue weighted by molar-refractivity contribution is 0.745. The molecule has 10 heteroatoms. The standard InChI is InChI=1S/C34H30Br2N6S2/c1-23-3-15-29(16-4-23)41-31(37-39-33(41)43-21-25-7-11-27(35)12-8-25)19-20-32-38-40-34(42(32)30-17-5-24(2)6-18-30)44-22-26-9-13-28(36)14-10-26/h3-18H,19-22H2,1-2H3. The zero-order valence-corrected chi connectivity index (χ0v) is 29.1. The molecule has 6 aromatic rings. The van der Waals surface area contributed by atoms with Crippen molar-refractivity contribution in [3.05, 3.63) is 140 Å². The quantitative estimate of drug-likeness (QED) is 0.123. The fourth-order valence-electron chi connectivity index (χ4n) is 4.70. The molecule has 0 unspecified atom stereocenters. The molecule has 0 bridgehead atoms. The van der Waals surface area contributed by atoms with Crippen molar-refractivity contribution in [2.75, 3.05) is 0 Å². The highest BCUT2D eigenvalue weighted by atomic mass is 79.9. The maximum absolute atomic E-state index is 4.68. The van der Waals surface area contributed by atoms with Gasteiger partial charge in [0.2, 0.25) is 0 Å². The van der Waals surface area contributed by atoms with E-state index in [1.165, 1.54) is 22.3 Å². The van der Waals surface area contributed by atoms with Gasteiger partial charge in [-0.15, -0.1) is 20.4 Å². The van der Waals surface area contributed by atoms with Crippen LogP contribution in [0.4, 0.5) is 0 Å². The van der Waals surface area contributed by atoms with Gasteiger partial charge in [-0.3, -0.25) is 9.13 Å². The molecular weight excluding hydrogens is 716 g/mol. The van der Waals surface area contributed by atoms with E-state index in [-0.39, 0.29) is 0 Å². The molecule has 4 aromatic carbocycles. The van der Waals surface area contributed by atoms with Crippen molar-refractivity contribution in [1.82, 2.24) is 29.5 Å². The predicted molar refractivity (Wildman–Crippen MR) is 187 cm³/mol. The Morgan fingerprint density at radius 1 is 0.500 bits per heavy atom. The van der Waals surface area contributed by atoms with E-state index in [9.17, 15) is 0 Å². The molecule has 0 aliphatic carbocycles. The van der Waals surface area contributed by atoms with Gasteiger partial charge in [0.05, 0.1) is 0 Å². The molecular formula is C34H30Br2N6S2. The summed E-state index contributed by atoms with van der Waals surface area (Å²) < 4.78 is 6.51. The molecule has 222 valence electrons. The summed E-state index contributed by atoms with van der Waals surface area (Å²) in [4.78, 5) is 0. The molecule has 0 spiro atoms. The Balaban J connectivity index is 1.27. The lowest BCUT2D eigenvalue weighted by Crippen LogP contribution is -2.08. The number of halogens is 2. The molecule has 0 atom stereocenters. The Bertz CT molecular complexity index is 1690. The average Bonchev–Trinajstić information content (AvgIpc) is 3.64. The van der Waals surface area contributed by atoms with Gasteiger partial charge in [0.1, 0.15) is 11.6 Å². The molecule has 0 aliphatic heterocycles. The maximum atomic E-state index is 4.68. The van der Waals surface area contributed by atoms with Gasteiger partial charge in [0.25, 0.3) is 0 Å². The van der Waals surface area contributed by atoms with Gasteiger partial charge in [-0.05, 0) is 73.5 Å². The molecule has 6 rings (SSSR count). The lowest BCUT2D eigenvalue weighted by atomic mass is 10.2. The van der Waals surface area contributed by atoms with E-state index in [0.717, 1.165) is 53.8 Å². The van der Waals surface area contributed by atoms with E-state index in [4.69, 9.17) is 0 Å². The van der Waals surface area contributed by atoms with E-state index in [0.29, 0.717) is 12.8 Å². The smallest absolute Gasteiger partial charge is 0.196 e. The third-order valence-corrected chi connectivity index (χ3v) is 10.2. The van der Waals surface area contributed by atoms with Crippen molar-refractivity contribution in [2.45, 2.75) is 48.5 Å². The summed E-state index contributed by atoms with van der Waals surface area (Å²) in [6.45, 7) is 4.20. The van der Waals surface area contributed by atoms with Gasteiger partial charge in [-0.1, -0.05) is 115 Å². The lowest BCUT2D eigenvalue weighted by Gasteiger charge is -2.12. The Morgan fingerprint density at radius 2 is 0.864 bits per heavy atom. The Morgan fingerprint density at radius 3 is 1.23 bits per heavy atom. The first kappa shape index (κ1) is 30.8. The second-order valence-corrected chi connectivity index (χ2v) is 14.2. The summed E-state index contributed by atoms with van der Waals surface area (Å²) in [7, 11) is 0. The molecule has 6 nitrogen and oxygen atoms in total. The fraction of sp³-hybridized carbons (Fsp3) is 0.176. The topological polar surface area (TPSA) is 61.4 Å². The predicted octanol–water partition coefficient (Wildman–Crippen LogP) is 9.36. The highest BCUT2D eigenvalue weighted by Gasteiger charge is 2.19. The first-order valence-corrected chi connectivity index (χ1v) is 17.8. The number of aromatic nitrogens is 6. The van der Waals surface area contributed by atoms with Crippen LogP contribution < -0.4 is 0 Å². The largest absolute Gasteiger partial charge is 0.274 e. The molecule has 0 aliphatic rings. The number of hydrogen-bond donors (Lipinski definition) is 0. The first-order valence-electron chi connectivity index (χ1n) is 14.2. The number of rotatable bonds is 11. The minimum absolute atomic E-state index is 0.668. The molecule has 0 saturated heterocycles. The van der Waals surface area contributed by atoms with E-state index in [2.05, 4.69) is 172 Å². The van der Waals surface area contributed by atoms with E-state index < -0.39 is 0 Å². The van der Waals surface area contributed by atoms with Crippen LogP contribution in [0.25, 0.3) is 11.4 Å². The Hall–Kier alpha value is -3.18. The van der Waals surface area contributed by atoms with Gasteiger partial charge in [-0.2, -0.15) is 0 Å². The normalized spacial score (nSPS) is 11.3. The van der Waals surface area contributed by atoms with Crippen molar-refractivity contribution in [2.24, 2.45) is 0 Å². The summed E-state index contributed by atoms with van der Waals surface area (Å²) in [5.41, 5.74) is 7.01. The number of thioether (sulfide) groups is 2. The molecule has 0 N–H and O–H groups in total. The SMILES string of the molecule is Cc1ccc(-n2c(CCc3nnc(SCc4ccc(Br)cc4)n3-c3ccc(C)cc3)nnc2SCc2ccc(Br)cc2)cc1. The van der Waals surface area contributed by atoms with Crippen LogP contribution in [0.5, 0.6) is 0 Å². The van der Waals surface area contributed by atoms with Gasteiger partial charge in [0, 0.05) is 44.7 Å². The third-order valence-electron chi connectivity index (χ3n) is 7.12. The van der Waals surface area contributed by atoms with Crippen LogP contribution in [0.3, 0.4) is 0 Å². The molecule has 0 amide bonds. The number of nitrogens with zero attached hydrogens (tertiary/aromatic N) is 6. The van der Waals surface area contributed by atoms with Crippen LogP contribution in [0, 0.1) is 13.8 Å². The van der Waals surface area contributed by atoms with Gasteiger partial charge in [-0.25, -0.2) is 0 Å². The summed E-state index contributed by atoms with van der Waals surface area (Å²) in [6, 6.07) is 33.9. The molecule has 2 heterocycles. The first-order chi connectivity index (χ1) is 21.4. The monoisotopic (exact) mass is 744 g/mol. The van der Waals surface area contributed by atoms with Crippen LogP contribution in [0.1, 0.15) is 33.9 Å². The molecule has 0 saturated carbocycles. The average molecular weight is 747 g/mol. The van der Waals surface area contributed by atoms with E-state index in [1.54, 1.807) is 23.5 Å². The highest BCUT2D eigenvalue weighted by Crippen LogP contribution is 2.29. The molecule has 0 radical (unpaired) electrons. The van der Waals surface area contributed by atoms with Gasteiger partial charge < -0.3 is 0 Å². The second kappa shape index (κ2) is 14.3. The number of aryl methyl sites for hydroxylation is 4. The molecule has 2 aromatic heterocycles. The minimum atomic E-state index is 0.668. The van der Waals surface area contributed by atoms with Crippen molar-refractivity contribution >= 4 is 55.4 Å². The summed E-state index contributed by atoms with van der Waals surface area (Å²) in [5, 5.41) is 20.4. The van der Waals surface area contributed by atoms with Crippen LogP contribution >= 0.6 is 55.4 Å². The van der Waals surface area contributed by atoms with E-state index >= 15 is 0 Å².